The zero-order valence-electron chi connectivity index (χ0n) is 16.4. The number of benzene rings is 1. The van der Waals surface area contributed by atoms with Crippen LogP contribution in [0.4, 0.5) is 10.2 Å². The van der Waals surface area contributed by atoms with Crippen molar-refractivity contribution in [2.75, 3.05) is 18.8 Å². The van der Waals surface area contributed by atoms with Crippen molar-refractivity contribution < 1.29 is 9.13 Å². The molecule has 0 spiro atoms. The fraction of sp³-hybridized carbons (Fsp3) is 0.333. The summed E-state index contributed by atoms with van der Waals surface area (Å²) in [5, 5.41) is 8.10. The van der Waals surface area contributed by atoms with Gasteiger partial charge in [0.1, 0.15) is 11.9 Å². The maximum Gasteiger partial charge on any atom is 0.166 e. The molecule has 6 nitrogen and oxygen atoms in total. The van der Waals surface area contributed by atoms with E-state index in [1.54, 1.807) is 19.2 Å². The summed E-state index contributed by atoms with van der Waals surface area (Å²) < 4.78 is 21.7. The number of hydrogen-bond acceptors (Lipinski definition) is 5. The van der Waals surface area contributed by atoms with Gasteiger partial charge in [-0.3, -0.25) is 4.68 Å². The van der Waals surface area contributed by atoms with Crippen LogP contribution in [0.1, 0.15) is 37.5 Å². The van der Waals surface area contributed by atoms with Gasteiger partial charge in [-0.05, 0) is 57.1 Å². The molecule has 1 aliphatic heterocycles. The number of anilines is 1. The Balaban J connectivity index is 1.53. The van der Waals surface area contributed by atoms with Gasteiger partial charge in [0, 0.05) is 22.3 Å². The van der Waals surface area contributed by atoms with Gasteiger partial charge in [-0.25, -0.2) is 9.37 Å². The lowest BCUT2D eigenvalue weighted by atomic mass is 10.1. The molecule has 2 aromatic heterocycles. The number of hydrogen-bond donors (Lipinski definition) is 2. The number of halogens is 3. The van der Waals surface area contributed by atoms with Gasteiger partial charge in [-0.2, -0.15) is 5.10 Å². The summed E-state index contributed by atoms with van der Waals surface area (Å²) >= 11 is 12.3. The third kappa shape index (κ3) is 4.24. The molecule has 3 N–H and O–H groups in total. The van der Waals surface area contributed by atoms with Gasteiger partial charge in [-0.15, -0.1) is 0 Å². The molecule has 1 fully saturated rings. The van der Waals surface area contributed by atoms with Gasteiger partial charge in [0.15, 0.2) is 11.6 Å². The van der Waals surface area contributed by atoms with Gasteiger partial charge < -0.3 is 15.8 Å². The van der Waals surface area contributed by atoms with Crippen LogP contribution < -0.4 is 15.8 Å². The molecule has 1 aliphatic rings. The lowest BCUT2D eigenvalue weighted by Gasteiger charge is -2.22. The van der Waals surface area contributed by atoms with Crippen LogP contribution >= 0.6 is 23.2 Å². The molecule has 0 aliphatic carbocycles. The van der Waals surface area contributed by atoms with E-state index < -0.39 is 11.9 Å². The molecule has 0 unspecified atom stereocenters. The maximum absolute atomic E-state index is 13.8. The Labute approximate surface area is 184 Å². The van der Waals surface area contributed by atoms with Crippen LogP contribution in [0.5, 0.6) is 5.75 Å². The third-order valence-electron chi connectivity index (χ3n) is 5.26. The number of piperidine rings is 1. The molecule has 1 saturated heterocycles. The largest absolute Gasteiger partial charge is 0.482 e. The van der Waals surface area contributed by atoms with Crippen LogP contribution in [0.3, 0.4) is 0 Å². The lowest BCUT2D eigenvalue weighted by molar-refractivity contribution is 0.227. The Morgan fingerprint density at radius 3 is 2.73 bits per heavy atom. The van der Waals surface area contributed by atoms with E-state index in [1.165, 1.54) is 12.1 Å². The second-order valence-corrected chi connectivity index (χ2v) is 8.07. The summed E-state index contributed by atoms with van der Waals surface area (Å²) in [6.45, 7) is 3.71. The van der Waals surface area contributed by atoms with Crippen LogP contribution in [0.2, 0.25) is 10.0 Å². The first-order chi connectivity index (χ1) is 14.4. The van der Waals surface area contributed by atoms with Gasteiger partial charge >= 0.3 is 0 Å². The number of nitrogen functional groups attached to an aromatic ring is 1. The van der Waals surface area contributed by atoms with E-state index in [0.717, 1.165) is 31.5 Å². The van der Waals surface area contributed by atoms with E-state index in [1.807, 2.05) is 16.9 Å². The second kappa shape index (κ2) is 8.79. The average molecular weight is 450 g/mol. The number of aromatic nitrogens is 3. The molecule has 9 heteroatoms. The van der Waals surface area contributed by atoms with Crippen LogP contribution in [0.25, 0.3) is 11.3 Å². The van der Waals surface area contributed by atoms with Gasteiger partial charge in [0.25, 0.3) is 0 Å². The van der Waals surface area contributed by atoms with Crippen LogP contribution in [0.15, 0.2) is 36.7 Å². The Morgan fingerprint density at radius 2 is 2.00 bits per heavy atom. The number of rotatable bonds is 5. The first-order valence-electron chi connectivity index (χ1n) is 9.76. The molecule has 30 heavy (non-hydrogen) atoms. The van der Waals surface area contributed by atoms with Crippen molar-refractivity contribution in [3.8, 4) is 17.0 Å². The number of nitrogens with one attached hydrogen (secondary N) is 1. The van der Waals surface area contributed by atoms with Crippen LogP contribution in [-0.2, 0) is 0 Å². The predicted molar refractivity (Wildman–Crippen MR) is 116 cm³/mol. The minimum atomic E-state index is -0.613. The molecule has 1 atom stereocenters. The molecular formula is C21H22Cl2FN5O. The first-order valence-corrected chi connectivity index (χ1v) is 10.5. The Kier molecular flexibility index (Phi) is 6.13. The average Bonchev–Trinajstić information content (AvgIpc) is 3.23. The Hall–Kier alpha value is -2.35. The van der Waals surface area contributed by atoms with Crippen LogP contribution in [0, 0.1) is 5.82 Å². The highest BCUT2D eigenvalue weighted by Crippen LogP contribution is 2.36. The summed E-state index contributed by atoms with van der Waals surface area (Å²) in [5.74, 6) is 0.0322. The Morgan fingerprint density at radius 1 is 1.23 bits per heavy atom. The van der Waals surface area contributed by atoms with Crippen molar-refractivity contribution in [3.05, 3.63) is 58.1 Å². The van der Waals surface area contributed by atoms with Crippen molar-refractivity contribution in [1.82, 2.24) is 20.1 Å². The number of nitrogens with two attached hydrogens (primary N) is 1. The van der Waals surface area contributed by atoms with E-state index >= 15 is 0 Å². The van der Waals surface area contributed by atoms with Crippen molar-refractivity contribution in [2.45, 2.75) is 31.9 Å². The summed E-state index contributed by atoms with van der Waals surface area (Å²) in [6.07, 6.45) is 5.27. The fourth-order valence-electron chi connectivity index (χ4n) is 3.63. The summed E-state index contributed by atoms with van der Waals surface area (Å²) in [5.41, 5.74) is 8.08. The second-order valence-electron chi connectivity index (χ2n) is 7.29. The molecule has 3 aromatic rings. The van der Waals surface area contributed by atoms with Gasteiger partial charge in [-0.1, -0.05) is 23.2 Å². The fourth-order valence-corrected chi connectivity index (χ4v) is 4.31. The van der Waals surface area contributed by atoms with Crippen molar-refractivity contribution >= 4 is 29.0 Å². The normalized spacial score (nSPS) is 15.9. The molecule has 0 amide bonds. The van der Waals surface area contributed by atoms with Crippen molar-refractivity contribution in [3.63, 3.8) is 0 Å². The monoisotopic (exact) mass is 449 g/mol. The highest BCUT2D eigenvalue weighted by Gasteiger charge is 2.20. The van der Waals surface area contributed by atoms with E-state index in [4.69, 9.17) is 33.7 Å². The van der Waals surface area contributed by atoms with Gasteiger partial charge in [0.05, 0.1) is 23.0 Å². The number of pyridine rings is 1. The van der Waals surface area contributed by atoms with E-state index in [9.17, 15) is 4.39 Å². The van der Waals surface area contributed by atoms with Crippen molar-refractivity contribution in [1.29, 1.82) is 0 Å². The molecule has 1 aromatic carbocycles. The summed E-state index contributed by atoms with van der Waals surface area (Å²) in [6, 6.07) is 6.61. The van der Waals surface area contributed by atoms with E-state index in [0.29, 0.717) is 28.1 Å². The molecule has 158 valence electrons. The Bertz CT molecular complexity index is 1050. The third-order valence-corrected chi connectivity index (χ3v) is 5.97. The summed E-state index contributed by atoms with van der Waals surface area (Å²) in [7, 11) is 0. The summed E-state index contributed by atoms with van der Waals surface area (Å²) in [4.78, 5) is 4.46. The quantitative estimate of drug-likeness (QED) is 0.533. The zero-order valence-corrected chi connectivity index (χ0v) is 17.9. The molecular weight excluding hydrogens is 428 g/mol. The zero-order chi connectivity index (χ0) is 21.3. The van der Waals surface area contributed by atoms with Crippen LogP contribution in [-0.4, -0.2) is 27.9 Å². The number of nitrogens with zero attached hydrogens (tertiary/aromatic N) is 3. The first kappa shape index (κ1) is 20.9. The number of ether oxygens (including phenoxy) is 1. The predicted octanol–water partition coefficient (Wildman–Crippen LogP) is 5.04. The molecule has 0 saturated carbocycles. The minimum absolute atomic E-state index is 0.0662. The van der Waals surface area contributed by atoms with E-state index in [-0.39, 0.29) is 10.8 Å². The highest BCUT2D eigenvalue weighted by atomic mass is 35.5. The molecule has 3 heterocycles. The van der Waals surface area contributed by atoms with E-state index in [2.05, 4.69) is 15.4 Å². The topological polar surface area (TPSA) is 78.0 Å². The van der Waals surface area contributed by atoms with Crippen molar-refractivity contribution in [2.24, 2.45) is 0 Å². The highest BCUT2D eigenvalue weighted by molar-refractivity contribution is 6.36. The minimum Gasteiger partial charge on any atom is -0.482 e. The standard InChI is InChI=1S/C21H22Cl2FN5O/c1-12(19-15(22)2-3-16(24)20(19)23)30-18-5-4-17(28-21(18)25)13-10-27-29(11-13)14-6-8-26-9-7-14/h2-5,10-12,14,26H,6-9H2,1H3,(H2,25,28)/t12-/m1/s1. The molecule has 0 bridgehead atoms. The molecule has 0 radical (unpaired) electrons. The van der Waals surface area contributed by atoms with Gasteiger partial charge in [0.2, 0.25) is 0 Å². The lowest BCUT2D eigenvalue weighted by Crippen LogP contribution is -2.29. The SMILES string of the molecule is C[C@@H](Oc1ccc(-c2cnn(C3CCNCC3)c2)nc1N)c1c(Cl)ccc(F)c1Cl. The smallest absolute Gasteiger partial charge is 0.166 e. The molecule has 4 rings (SSSR count). The maximum atomic E-state index is 13.8.